The number of halogens is 1. The molecule has 0 aliphatic heterocycles. The maximum atomic E-state index is 12.7. The Morgan fingerprint density at radius 2 is 1.59 bits per heavy atom. The normalized spacial score (nSPS) is 12.9. The Bertz CT molecular complexity index is 1220. The Balaban J connectivity index is 1.48. The molecule has 0 aromatic heterocycles. The molecule has 0 fully saturated rings. The Kier molecular flexibility index (Phi) is 6.95. The molecule has 2 amide bonds. The van der Waals surface area contributed by atoms with Crippen molar-refractivity contribution < 1.29 is 29.3 Å². The van der Waals surface area contributed by atoms with Gasteiger partial charge in [0.15, 0.2) is 6.04 Å². The van der Waals surface area contributed by atoms with Gasteiger partial charge in [-0.1, -0.05) is 64.5 Å². The second-order valence-electron chi connectivity index (χ2n) is 7.69. The van der Waals surface area contributed by atoms with E-state index in [1.165, 1.54) is 12.1 Å². The third-order valence-electron chi connectivity index (χ3n) is 5.59. The van der Waals surface area contributed by atoms with Gasteiger partial charge in [0.2, 0.25) is 0 Å². The van der Waals surface area contributed by atoms with E-state index in [-0.39, 0.29) is 23.8 Å². The van der Waals surface area contributed by atoms with Crippen LogP contribution in [0.25, 0.3) is 11.1 Å². The molecule has 0 unspecified atom stereocenters. The molecule has 174 valence electrons. The van der Waals surface area contributed by atoms with Gasteiger partial charge in [-0.2, -0.15) is 0 Å². The van der Waals surface area contributed by atoms with E-state index in [0.717, 1.165) is 22.3 Å². The summed E-state index contributed by atoms with van der Waals surface area (Å²) in [5.41, 5.74) is 4.51. The summed E-state index contributed by atoms with van der Waals surface area (Å²) in [6.07, 6.45) is -0.758. The minimum absolute atomic E-state index is 0.0245. The molecule has 9 heteroatoms. The monoisotopic (exact) mass is 524 g/mol. The van der Waals surface area contributed by atoms with Crippen molar-refractivity contribution in [1.82, 2.24) is 5.32 Å². The smallest absolute Gasteiger partial charge is 0.411 e. The van der Waals surface area contributed by atoms with Crippen LogP contribution in [-0.2, 0) is 9.53 Å². The van der Waals surface area contributed by atoms with Crippen LogP contribution < -0.4 is 10.6 Å². The first-order chi connectivity index (χ1) is 16.4. The highest BCUT2D eigenvalue weighted by molar-refractivity contribution is 9.10. The van der Waals surface area contributed by atoms with Crippen molar-refractivity contribution in [3.05, 3.63) is 87.9 Å². The number of carbonyl (C=O) groups is 3. The van der Waals surface area contributed by atoms with Crippen LogP contribution in [0, 0.1) is 0 Å². The predicted molar refractivity (Wildman–Crippen MR) is 129 cm³/mol. The fourth-order valence-electron chi connectivity index (χ4n) is 3.98. The van der Waals surface area contributed by atoms with Crippen molar-refractivity contribution in [2.75, 3.05) is 18.5 Å². The lowest BCUT2D eigenvalue weighted by Crippen LogP contribution is -2.43. The number of aliphatic hydroxyl groups excluding tert-OH is 1. The minimum atomic E-state index is -1.47. The van der Waals surface area contributed by atoms with Crippen LogP contribution in [-0.4, -0.2) is 47.4 Å². The van der Waals surface area contributed by atoms with Crippen LogP contribution in [0.15, 0.2) is 71.2 Å². The number of aliphatic carboxylic acids is 1. The van der Waals surface area contributed by atoms with E-state index in [1.807, 2.05) is 48.5 Å². The number of benzene rings is 3. The molecule has 34 heavy (non-hydrogen) atoms. The lowest BCUT2D eigenvalue weighted by atomic mass is 9.98. The number of amides is 2. The molecular weight excluding hydrogens is 504 g/mol. The maximum Gasteiger partial charge on any atom is 0.411 e. The summed E-state index contributed by atoms with van der Waals surface area (Å²) in [5, 5.41) is 23.0. The number of carboxylic acids is 1. The number of rotatable bonds is 7. The average Bonchev–Trinajstić information content (AvgIpc) is 3.14. The van der Waals surface area contributed by atoms with E-state index < -0.39 is 30.6 Å². The van der Waals surface area contributed by atoms with Crippen LogP contribution in [0.5, 0.6) is 0 Å². The third-order valence-corrected chi connectivity index (χ3v) is 6.09. The van der Waals surface area contributed by atoms with Crippen LogP contribution in [0.1, 0.15) is 27.4 Å². The van der Waals surface area contributed by atoms with Gasteiger partial charge in [-0.05, 0) is 40.5 Å². The van der Waals surface area contributed by atoms with Crippen molar-refractivity contribution >= 4 is 39.6 Å². The van der Waals surface area contributed by atoms with Crippen molar-refractivity contribution in [2.45, 2.75) is 12.0 Å². The quantitative estimate of drug-likeness (QED) is 0.370. The zero-order valence-electron chi connectivity index (χ0n) is 17.8. The summed E-state index contributed by atoms with van der Waals surface area (Å²) in [6, 6.07) is 19.0. The number of nitrogens with one attached hydrogen (secondary N) is 2. The van der Waals surface area contributed by atoms with E-state index in [2.05, 4.69) is 26.6 Å². The molecule has 0 bridgehead atoms. The lowest BCUT2D eigenvalue weighted by Gasteiger charge is -2.17. The Labute approximate surface area is 203 Å². The fraction of sp³-hybridized carbons (Fsp3) is 0.160. The fourth-order valence-corrected chi connectivity index (χ4v) is 4.34. The Hall–Kier alpha value is -3.69. The Morgan fingerprint density at radius 1 is 0.971 bits per heavy atom. The van der Waals surface area contributed by atoms with Gasteiger partial charge in [0.1, 0.15) is 6.61 Å². The molecule has 3 aromatic carbocycles. The summed E-state index contributed by atoms with van der Waals surface area (Å²) >= 11 is 3.29. The second kappa shape index (κ2) is 10.1. The summed E-state index contributed by atoms with van der Waals surface area (Å²) in [4.78, 5) is 36.4. The first-order valence-electron chi connectivity index (χ1n) is 10.4. The first kappa shape index (κ1) is 23.5. The molecule has 0 saturated heterocycles. The zero-order chi connectivity index (χ0) is 24.2. The number of carboxylic acid groups (broad SMARTS) is 1. The molecule has 8 nitrogen and oxygen atoms in total. The van der Waals surface area contributed by atoms with Gasteiger partial charge >= 0.3 is 12.1 Å². The molecule has 1 atom stereocenters. The highest BCUT2D eigenvalue weighted by Gasteiger charge is 2.29. The molecule has 1 aliphatic carbocycles. The molecule has 0 spiro atoms. The standard InChI is InChI=1S/C25H21BrN2O6/c26-14-9-10-19(23(30)27-22(12-29)24(31)32)21(11-14)28-25(33)34-13-20-17-7-3-1-5-15(17)16-6-2-4-8-18(16)20/h1-11,20,22,29H,12-13H2,(H,27,30)(H,28,33)(H,31,32)/t22-/m1/s1. The van der Waals surface area contributed by atoms with Crippen LogP contribution >= 0.6 is 15.9 Å². The molecule has 4 rings (SSSR count). The predicted octanol–water partition coefficient (Wildman–Crippen LogP) is 3.99. The Morgan fingerprint density at radius 3 is 2.18 bits per heavy atom. The summed E-state index contributed by atoms with van der Waals surface area (Å²) < 4.78 is 6.12. The summed E-state index contributed by atoms with van der Waals surface area (Å²) in [5.74, 6) is -2.26. The number of ether oxygens (including phenoxy) is 1. The number of hydrogen-bond acceptors (Lipinski definition) is 5. The summed E-state index contributed by atoms with van der Waals surface area (Å²) in [6.45, 7) is -0.673. The lowest BCUT2D eigenvalue weighted by molar-refractivity contribution is -0.140. The van der Waals surface area contributed by atoms with Crippen molar-refractivity contribution in [3.63, 3.8) is 0 Å². The highest BCUT2D eigenvalue weighted by Crippen LogP contribution is 2.44. The molecule has 0 radical (unpaired) electrons. The molecule has 1 aliphatic rings. The van der Waals surface area contributed by atoms with Crippen LogP contribution in [0.4, 0.5) is 10.5 Å². The van der Waals surface area contributed by atoms with Gasteiger partial charge in [-0.15, -0.1) is 0 Å². The number of fused-ring (bicyclic) bond motifs is 3. The van der Waals surface area contributed by atoms with Crippen molar-refractivity contribution in [2.24, 2.45) is 0 Å². The number of carbonyl (C=O) groups excluding carboxylic acids is 2. The number of aliphatic hydroxyl groups is 1. The van der Waals surface area contributed by atoms with Gasteiger partial charge in [0, 0.05) is 10.4 Å². The molecule has 0 saturated carbocycles. The van der Waals surface area contributed by atoms with Gasteiger partial charge in [0.05, 0.1) is 17.9 Å². The highest BCUT2D eigenvalue weighted by atomic mass is 79.9. The van der Waals surface area contributed by atoms with Gasteiger partial charge in [0.25, 0.3) is 5.91 Å². The first-order valence-corrected chi connectivity index (χ1v) is 11.2. The van der Waals surface area contributed by atoms with E-state index in [4.69, 9.17) is 9.84 Å². The molecule has 4 N–H and O–H groups in total. The van der Waals surface area contributed by atoms with Crippen LogP contribution in [0.3, 0.4) is 0 Å². The zero-order valence-corrected chi connectivity index (χ0v) is 19.4. The molecular formula is C25H21BrN2O6. The van der Waals surface area contributed by atoms with E-state index in [0.29, 0.717) is 4.47 Å². The largest absolute Gasteiger partial charge is 0.480 e. The van der Waals surface area contributed by atoms with E-state index >= 15 is 0 Å². The van der Waals surface area contributed by atoms with Crippen molar-refractivity contribution in [1.29, 1.82) is 0 Å². The SMILES string of the molecule is O=C(Nc1cc(Br)ccc1C(=O)N[C@H](CO)C(=O)O)OCC1c2ccccc2-c2ccccc21. The van der Waals surface area contributed by atoms with Crippen molar-refractivity contribution in [3.8, 4) is 11.1 Å². The third kappa shape index (κ3) is 4.80. The van der Waals surface area contributed by atoms with Gasteiger partial charge < -0.3 is 20.3 Å². The second-order valence-corrected chi connectivity index (χ2v) is 8.60. The molecule has 3 aromatic rings. The minimum Gasteiger partial charge on any atom is -0.480 e. The molecule has 0 heterocycles. The van der Waals surface area contributed by atoms with Gasteiger partial charge in [-0.3, -0.25) is 10.1 Å². The number of anilines is 1. The van der Waals surface area contributed by atoms with E-state index in [1.54, 1.807) is 6.07 Å². The topological polar surface area (TPSA) is 125 Å². The van der Waals surface area contributed by atoms with E-state index in [9.17, 15) is 19.5 Å². The van der Waals surface area contributed by atoms with Gasteiger partial charge in [-0.25, -0.2) is 9.59 Å². The summed E-state index contributed by atoms with van der Waals surface area (Å²) in [7, 11) is 0. The maximum absolute atomic E-state index is 12.7. The number of hydrogen-bond donors (Lipinski definition) is 4. The average molecular weight is 525 g/mol. The van der Waals surface area contributed by atoms with Crippen LogP contribution in [0.2, 0.25) is 0 Å².